The summed E-state index contributed by atoms with van der Waals surface area (Å²) in [6.07, 6.45) is 0.893. The molecule has 1 aliphatic heterocycles. The van der Waals surface area contributed by atoms with Gasteiger partial charge in [0.05, 0.1) is 13.2 Å². The third-order valence-corrected chi connectivity index (χ3v) is 2.12. The van der Waals surface area contributed by atoms with Crippen molar-refractivity contribution in [2.75, 3.05) is 13.2 Å². The molecule has 1 aromatic heterocycles. The monoisotopic (exact) mass is 192 g/mol. The number of rotatable bonds is 0. The Morgan fingerprint density at radius 1 is 0.929 bits per heavy atom. The lowest BCUT2D eigenvalue weighted by Crippen LogP contribution is -1.97. The molecule has 0 spiro atoms. The maximum atomic E-state index is 5.49. The maximum absolute atomic E-state index is 5.49. The molecule has 0 N–H and O–H groups in total. The normalized spacial score (nSPS) is 15.4. The molecular weight excluding hydrogens is 184 g/mol. The van der Waals surface area contributed by atoms with Crippen LogP contribution < -0.4 is 9.47 Å². The quantitative estimate of drug-likeness (QED) is 0.631. The van der Waals surface area contributed by atoms with Crippen LogP contribution in [0, 0.1) is 0 Å². The van der Waals surface area contributed by atoms with Crippen molar-refractivity contribution in [3.8, 4) is 11.5 Å². The second kappa shape index (κ2) is 2.87. The fourth-order valence-electron chi connectivity index (χ4n) is 1.44. The molecule has 0 unspecified atom stereocenters. The molecule has 1 aliphatic rings. The number of fused-ring (bicyclic) bond motifs is 2. The van der Waals surface area contributed by atoms with E-state index in [4.69, 9.17) is 9.47 Å². The van der Waals surface area contributed by atoms with Gasteiger partial charge in [0.1, 0.15) is 11.0 Å². The van der Waals surface area contributed by atoms with Crippen molar-refractivity contribution in [1.82, 2.24) is 10.3 Å². The van der Waals surface area contributed by atoms with Crippen molar-refractivity contribution in [2.45, 2.75) is 6.42 Å². The molecule has 5 heteroatoms. The number of ether oxygens (including phenoxy) is 2. The molecule has 3 rings (SSSR count). The summed E-state index contributed by atoms with van der Waals surface area (Å²) in [5.74, 6) is 1.43. The topological polar surface area (TPSA) is 57.4 Å². The summed E-state index contributed by atoms with van der Waals surface area (Å²) in [4.78, 5) is 0. The van der Waals surface area contributed by atoms with Crippen molar-refractivity contribution in [1.29, 1.82) is 0 Å². The van der Waals surface area contributed by atoms with Crippen molar-refractivity contribution in [2.24, 2.45) is 0 Å². The molecular formula is C9H8N2O3. The van der Waals surface area contributed by atoms with Crippen LogP contribution in [0.15, 0.2) is 16.8 Å². The van der Waals surface area contributed by atoms with Gasteiger partial charge in [-0.1, -0.05) is 0 Å². The molecule has 0 fully saturated rings. The van der Waals surface area contributed by atoms with E-state index in [1.54, 1.807) is 12.1 Å². The zero-order valence-corrected chi connectivity index (χ0v) is 7.40. The van der Waals surface area contributed by atoms with Gasteiger partial charge < -0.3 is 9.47 Å². The van der Waals surface area contributed by atoms with Crippen LogP contribution in [0.25, 0.3) is 11.0 Å². The highest BCUT2D eigenvalue weighted by Gasteiger charge is 2.13. The summed E-state index contributed by atoms with van der Waals surface area (Å²) in [5.41, 5.74) is 1.38. The molecule has 2 aromatic rings. The Morgan fingerprint density at radius 2 is 1.50 bits per heavy atom. The summed E-state index contributed by atoms with van der Waals surface area (Å²) in [7, 11) is 0. The smallest absolute Gasteiger partial charge is 0.163 e. The average molecular weight is 192 g/mol. The van der Waals surface area contributed by atoms with Crippen LogP contribution >= 0.6 is 0 Å². The number of nitrogens with zero attached hydrogens (tertiary/aromatic N) is 2. The standard InChI is InChI=1S/C9H8N2O3/c1-2-12-8-4-6-7(11-14-10-6)5-9(8)13-3-1/h4-5H,1-3H2. The fourth-order valence-corrected chi connectivity index (χ4v) is 1.44. The van der Waals surface area contributed by atoms with Gasteiger partial charge in [-0.05, 0) is 10.3 Å². The van der Waals surface area contributed by atoms with E-state index in [-0.39, 0.29) is 0 Å². The Labute approximate surface area is 79.6 Å². The molecule has 0 bridgehead atoms. The lowest BCUT2D eigenvalue weighted by Gasteiger charge is -2.04. The Hall–Kier alpha value is -1.78. The summed E-state index contributed by atoms with van der Waals surface area (Å²) >= 11 is 0. The van der Waals surface area contributed by atoms with Gasteiger partial charge in [0.25, 0.3) is 0 Å². The Balaban J connectivity index is 2.19. The Kier molecular flexibility index (Phi) is 1.56. The number of hydrogen-bond donors (Lipinski definition) is 0. The lowest BCUT2D eigenvalue weighted by molar-refractivity contribution is 0.296. The molecule has 0 atom stereocenters. The first-order valence-corrected chi connectivity index (χ1v) is 4.45. The predicted octanol–water partition coefficient (Wildman–Crippen LogP) is 1.38. The highest BCUT2D eigenvalue weighted by Crippen LogP contribution is 2.32. The van der Waals surface area contributed by atoms with Gasteiger partial charge in [0.15, 0.2) is 11.5 Å². The molecule has 0 aliphatic carbocycles. The van der Waals surface area contributed by atoms with Gasteiger partial charge in [0.2, 0.25) is 0 Å². The minimum absolute atomic E-state index is 0.670. The van der Waals surface area contributed by atoms with E-state index in [1.807, 2.05) is 0 Å². The van der Waals surface area contributed by atoms with E-state index in [9.17, 15) is 0 Å². The van der Waals surface area contributed by atoms with Crippen LogP contribution in [-0.2, 0) is 0 Å². The summed E-state index contributed by atoms with van der Waals surface area (Å²) < 4.78 is 15.6. The molecule has 0 amide bonds. The number of hydrogen-bond acceptors (Lipinski definition) is 5. The number of benzene rings is 1. The van der Waals surface area contributed by atoms with Gasteiger partial charge in [-0.2, -0.15) is 0 Å². The van der Waals surface area contributed by atoms with E-state index >= 15 is 0 Å². The van der Waals surface area contributed by atoms with Gasteiger partial charge in [-0.25, -0.2) is 4.63 Å². The highest BCUT2D eigenvalue weighted by atomic mass is 16.6. The van der Waals surface area contributed by atoms with Crippen LogP contribution in [0.1, 0.15) is 6.42 Å². The Morgan fingerprint density at radius 3 is 2.07 bits per heavy atom. The molecule has 5 nitrogen and oxygen atoms in total. The SMILES string of the molecule is c1c2c(cc3nonc13)OCCCO2. The van der Waals surface area contributed by atoms with Crippen LogP contribution in [-0.4, -0.2) is 23.5 Å². The third-order valence-electron chi connectivity index (χ3n) is 2.12. The van der Waals surface area contributed by atoms with E-state index in [0.717, 1.165) is 6.42 Å². The van der Waals surface area contributed by atoms with Gasteiger partial charge >= 0.3 is 0 Å². The summed E-state index contributed by atoms with van der Waals surface area (Å²) in [5, 5.41) is 7.47. The molecule has 72 valence electrons. The van der Waals surface area contributed by atoms with Crippen molar-refractivity contribution < 1.29 is 14.1 Å². The van der Waals surface area contributed by atoms with Gasteiger partial charge in [0, 0.05) is 18.6 Å². The van der Waals surface area contributed by atoms with Crippen LogP contribution in [0.4, 0.5) is 0 Å². The average Bonchev–Trinajstić information content (AvgIpc) is 2.51. The molecule has 0 saturated carbocycles. The van der Waals surface area contributed by atoms with E-state index < -0.39 is 0 Å². The minimum atomic E-state index is 0.670. The zero-order valence-electron chi connectivity index (χ0n) is 7.40. The summed E-state index contributed by atoms with van der Waals surface area (Å²) in [6, 6.07) is 3.57. The molecule has 0 radical (unpaired) electrons. The molecule has 0 saturated heterocycles. The first kappa shape index (κ1) is 7.61. The molecule has 2 heterocycles. The van der Waals surface area contributed by atoms with Crippen LogP contribution in [0.3, 0.4) is 0 Å². The van der Waals surface area contributed by atoms with Gasteiger partial charge in [-0.15, -0.1) is 0 Å². The molecule has 1 aromatic carbocycles. The first-order chi connectivity index (χ1) is 6.93. The first-order valence-electron chi connectivity index (χ1n) is 4.45. The second-order valence-corrected chi connectivity index (χ2v) is 3.10. The predicted molar refractivity (Wildman–Crippen MR) is 47.4 cm³/mol. The zero-order chi connectivity index (χ0) is 9.38. The minimum Gasteiger partial charge on any atom is -0.489 e. The third kappa shape index (κ3) is 1.09. The second-order valence-electron chi connectivity index (χ2n) is 3.10. The van der Waals surface area contributed by atoms with Crippen LogP contribution in [0.5, 0.6) is 11.5 Å². The fraction of sp³-hybridized carbons (Fsp3) is 0.333. The largest absolute Gasteiger partial charge is 0.489 e. The van der Waals surface area contributed by atoms with Crippen LogP contribution in [0.2, 0.25) is 0 Å². The maximum Gasteiger partial charge on any atom is 0.163 e. The van der Waals surface area contributed by atoms with Crippen molar-refractivity contribution in [3.63, 3.8) is 0 Å². The van der Waals surface area contributed by atoms with E-state index in [0.29, 0.717) is 35.7 Å². The van der Waals surface area contributed by atoms with Crippen molar-refractivity contribution >= 4 is 11.0 Å². The van der Waals surface area contributed by atoms with E-state index in [1.165, 1.54) is 0 Å². The van der Waals surface area contributed by atoms with E-state index in [2.05, 4.69) is 14.9 Å². The number of aromatic nitrogens is 2. The van der Waals surface area contributed by atoms with Crippen molar-refractivity contribution in [3.05, 3.63) is 12.1 Å². The molecule has 14 heavy (non-hydrogen) atoms. The highest BCUT2D eigenvalue weighted by molar-refractivity contribution is 5.77. The summed E-state index contributed by atoms with van der Waals surface area (Å²) in [6.45, 7) is 1.34. The van der Waals surface area contributed by atoms with Gasteiger partial charge in [-0.3, -0.25) is 0 Å². The Bertz CT molecular complexity index is 426. The lowest BCUT2D eigenvalue weighted by atomic mass is 10.3.